The van der Waals surface area contributed by atoms with Crippen molar-refractivity contribution in [3.63, 3.8) is 0 Å². The first-order valence-electron chi connectivity index (χ1n) is 11.0. The van der Waals surface area contributed by atoms with Crippen LogP contribution in [0.2, 0.25) is 0 Å². The van der Waals surface area contributed by atoms with Gasteiger partial charge in [0.05, 0.1) is 0 Å². The summed E-state index contributed by atoms with van der Waals surface area (Å²) in [5.41, 5.74) is 3.82. The molecule has 4 heteroatoms. The average Bonchev–Trinajstić information content (AvgIpc) is 2.74. The quantitative estimate of drug-likeness (QED) is 0.629. The number of nitrogens with zero attached hydrogens (tertiary/aromatic N) is 1. The Morgan fingerprint density at radius 2 is 1.86 bits per heavy atom. The van der Waals surface area contributed by atoms with E-state index in [9.17, 15) is 5.11 Å². The van der Waals surface area contributed by atoms with Crippen LogP contribution < -0.4 is 10.1 Å². The molecule has 1 aliphatic rings. The molecule has 0 radical (unpaired) electrons. The molecule has 29 heavy (non-hydrogen) atoms. The normalized spacial score (nSPS) is 16.1. The van der Waals surface area contributed by atoms with E-state index in [1.54, 1.807) is 0 Å². The van der Waals surface area contributed by atoms with Gasteiger partial charge in [-0.1, -0.05) is 55.7 Å². The topological polar surface area (TPSA) is 44.7 Å². The van der Waals surface area contributed by atoms with Crippen LogP contribution in [-0.4, -0.2) is 42.4 Å². The molecule has 1 atom stereocenters. The number of likely N-dealkylation sites (N-methyl/N-ethyl adjacent to an activating group) is 1. The molecule has 158 valence electrons. The Morgan fingerprint density at radius 1 is 1.07 bits per heavy atom. The molecule has 2 aromatic carbocycles. The molecule has 0 unspecified atom stereocenters. The van der Waals surface area contributed by atoms with E-state index in [0.29, 0.717) is 19.2 Å². The van der Waals surface area contributed by atoms with Gasteiger partial charge in [-0.2, -0.15) is 0 Å². The predicted molar refractivity (Wildman–Crippen MR) is 119 cm³/mol. The first-order chi connectivity index (χ1) is 14.1. The maximum Gasteiger partial charge on any atom is 0.119 e. The third-order valence-corrected chi connectivity index (χ3v) is 5.94. The van der Waals surface area contributed by atoms with Gasteiger partial charge in [-0.3, -0.25) is 0 Å². The van der Waals surface area contributed by atoms with E-state index >= 15 is 0 Å². The van der Waals surface area contributed by atoms with Crippen LogP contribution in [0.15, 0.2) is 48.5 Å². The fourth-order valence-electron chi connectivity index (χ4n) is 4.14. The Kier molecular flexibility index (Phi) is 8.53. The van der Waals surface area contributed by atoms with Crippen LogP contribution in [0, 0.1) is 6.92 Å². The molecule has 2 N–H and O–H groups in total. The molecule has 0 bridgehead atoms. The summed E-state index contributed by atoms with van der Waals surface area (Å²) in [6, 6.07) is 17.2. The van der Waals surface area contributed by atoms with Crippen LogP contribution in [0.4, 0.5) is 0 Å². The van der Waals surface area contributed by atoms with Crippen LogP contribution >= 0.6 is 0 Å². The van der Waals surface area contributed by atoms with Gasteiger partial charge in [-0.05, 0) is 55.6 Å². The van der Waals surface area contributed by atoms with Crippen LogP contribution in [0.3, 0.4) is 0 Å². The van der Waals surface area contributed by atoms with Crippen molar-refractivity contribution in [1.82, 2.24) is 10.2 Å². The zero-order valence-corrected chi connectivity index (χ0v) is 17.9. The number of benzene rings is 2. The van der Waals surface area contributed by atoms with E-state index in [4.69, 9.17) is 4.74 Å². The largest absolute Gasteiger partial charge is 0.491 e. The summed E-state index contributed by atoms with van der Waals surface area (Å²) in [7, 11) is 2.12. The number of ether oxygens (including phenoxy) is 1. The van der Waals surface area contributed by atoms with Gasteiger partial charge >= 0.3 is 0 Å². The van der Waals surface area contributed by atoms with Gasteiger partial charge in [-0.25, -0.2) is 0 Å². The zero-order valence-electron chi connectivity index (χ0n) is 17.9. The molecule has 3 rings (SSSR count). The van der Waals surface area contributed by atoms with Crippen molar-refractivity contribution >= 4 is 0 Å². The SMILES string of the molecule is Cc1ccccc1CNCc1cccc(OC[C@H](O)CN(C)C2CCCCC2)c1. The van der Waals surface area contributed by atoms with Crippen molar-refractivity contribution in [3.05, 3.63) is 65.2 Å². The van der Waals surface area contributed by atoms with E-state index < -0.39 is 6.10 Å². The van der Waals surface area contributed by atoms with Crippen molar-refractivity contribution in [2.45, 2.75) is 64.3 Å². The Labute approximate surface area is 175 Å². The summed E-state index contributed by atoms with van der Waals surface area (Å²) in [6.07, 6.45) is 6.01. The summed E-state index contributed by atoms with van der Waals surface area (Å²) in [4.78, 5) is 2.30. The Bertz CT molecular complexity index is 743. The lowest BCUT2D eigenvalue weighted by atomic mass is 9.94. The van der Waals surface area contributed by atoms with E-state index in [1.165, 1.54) is 48.8 Å². The van der Waals surface area contributed by atoms with Gasteiger partial charge < -0.3 is 20.1 Å². The number of nitrogens with one attached hydrogen (secondary N) is 1. The van der Waals surface area contributed by atoms with E-state index in [-0.39, 0.29) is 0 Å². The first kappa shape index (κ1) is 21.8. The fraction of sp³-hybridized carbons (Fsp3) is 0.520. The molecule has 4 nitrogen and oxygen atoms in total. The average molecular weight is 397 g/mol. The number of hydrogen-bond acceptors (Lipinski definition) is 4. The predicted octanol–water partition coefficient (Wildman–Crippen LogP) is 4.29. The van der Waals surface area contributed by atoms with Crippen molar-refractivity contribution in [3.8, 4) is 5.75 Å². The van der Waals surface area contributed by atoms with E-state index in [1.807, 2.05) is 12.1 Å². The number of aryl methyl sites for hydroxylation is 1. The molecule has 0 heterocycles. The summed E-state index contributed by atoms with van der Waals surface area (Å²) in [5.74, 6) is 0.819. The molecule has 0 saturated heterocycles. The van der Waals surface area contributed by atoms with Crippen LogP contribution in [0.1, 0.15) is 48.8 Å². The highest BCUT2D eigenvalue weighted by molar-refractivity contribution is 5.29. The molecule has 1 aliphatic carbocycles. The van der Waals surface area contributed by atoms with Crippen molar-refractivity contribution in [1.29, 1.82) is 0 Å². The van der Waals surface area contributed by atoms with Gasteiger partial charge in [-0.15, -0.1) is 0 Å². The second-order valence-electron chi connectivity index (χ2n) is 8.37. The molecule has 2 aromatic rings. The Morgan fingerprint density at radius 3 is 2.66 bits per heavy atom. The molecule has 1 saturated carbocycles. The smallest absolute Gasteiger partial charge is 0.119 e. The highest BCUT2D eigenvalue weighted by Gasteiger charge is 2.20. The highest BCUT2D eigenvalue weighted by atomic mass is 16.5. The lowest BCUT2D eigenvalue weighted by molar-refractivity contribution is 0.0561. The second-order valence-corrected chi connectivity index (χ2v) is 8.37. The molecule has 0 aliphatic heterocycles. The molecule has 0 amide bonds. The molecule has 0 spiro atoms. The Balaban J connectivity index is 1.41. The summed E-state index contributed by atoms with van der Waals surface area (Å²) in [6.45, 7) is 4.78. The van der Waals surface area contributed by atoms with E-state index in [0.717, 1.165) is 18.8 Å². The lowest BCUT2D eigenvalue weighted by Crippen LogP contribution is -2.40. The van der Waals surface area contributed by atoms with Crippen molar-refractivity contribution < 1.29 is 9.84 Å². The minimum atomic E-state index is -0.468. The van der Waals surface area contributed by atoms with Crippen LogP contribution in [0.25, 0.3) is 0 Å². The Hall–Kier alpha value is -1.88. The van der Waals surface area contributed by atoms with Gasteiger partial charge in [0, 0.05) is 25.7 Å². The summed E-state index contributed by atoms with van der Waals surface area (Å²) < 4.78 is 5.88. The minimum absolute atomic E-state index is 0.331. The molecule has 1 fully saturated rings. The van der Waals surface area contributed by atoms with E-state index in [2.05, 4.69) is 60.6 Å². The number of hydrogen-bond donors (Lipinski definition) is 2. The maximum atomic E-state index is 10.4. The third kappa shape index (κ3) is 7.14. The van der Waals surface area contributed by atoms with Gasteiger partial charge in [0.25, 0.3) is 0 Å². The third-order valence-electron chi connectivity index (χ3n) is 5.94. The maximum absolute atomic E-state index is 10.4. The molecular formula is C25H36N2O2. The van der Waals surface area contributed by atoms with Gasteiger partial charge in [0.2, 0.25) is 0 Å². The van der Waals surface area contributed by atoms with Crippen LogP contribution in [-0.2, 0) is 13.1 Å². The zero-order chi connectivity index (χ0) is 20.5. The second kappa shape index (κ2) is 11.3. The number of rotatable bonds is 10. The summed E-state index contributed by atoms with van der Waals surface area (Å²) >= 11 is 0. The minimum Gasteiger partial charge on any atom is -0.491 e. The standard InChI is InChI=1S/C25H36N2O2/c1-20-9-6-7-11-22(20)17-26-16-21-10-8-14-25(15-21)29-19-24(28)18-27(2)23-12-4-3-5-13-23/h6-11,14-15,23-24,26,28H,3-5,12-13,16-19H2,1-2H3/t24-/m1/s1. The monoisotopic (exact) mass is 396 g/mol. The van der Waals surface area contributed by atoms with Crippen LogP contribution in [0.5, 0.6) is 5.75 Å². The highest BCUT2D eigenvalue weighted by Crippen LogP contribution is 2.22. The number of aliphatic hydroxyl groups excluding tert-OH is 1. The van der Waals surface area contributed by atoms with Crippen molar-refractivity contribution in [2.24, 2.45) is 0 Å². The van der Waals surface area contributed by atoms with Crippen molar-refractivity contribution in [2.75, 3.05) is 20.2 Å². The lowest BCUT2D eigenvalue weighted by Gasteiger charge is -2.32. The van der Waals surface area contributed by atoms with Gasteiger partial charge in [0.15, 0.2) is 0 Å². The summed E-state index contributed by atoms with van der Waals surface area (Å²) in [5, 5.41) is 13.9. The molecular weight excluding hydrogens is 360 g/mol. The number of aliphatic hydroxyl groups is 1. The van der Waals surface area contributed by atoms with Gasteiger partial charge in [0.1, 0.15) is 18.5 Å². The molecule has 0 aromatic heterocycles. The fourth-order valence-corrected chi connectivity index (χ4v) is 4.14. The first-order valence-corrected chi connectivity index (χ1v) is 11.0.